The Morgan fingerprint density at radius 3 is 2.48 bits per heavy atom. The number of imidazole rings is 1. The standard InChI is InChI=1S/C23H26N4OS/c1-25-11-10-24-23(25)29-18-20-8-5-9-21(16-20)22(28)27-14-12-26(13-15-27)17-19-6-3-2-4-7-19/h2-11,16H,12-15,17-18H2,1H3. The van der Waals surface area contributed by atoms with E-state index in [1.807, 2.05) is 47.0 Å². The Labute approximate surface area is 176 Å². The summed E-state index contributed by atoms with van der Waals surface area (Å²) in [6, 6.07) is 18.5. The van der Waals surface area contributed by atoms with Gasteiger partial charge in [0.05, 0.1) is 0 Å². The van der Waals surface area contributed by atoms with E-state index in [1.165, 1.54) is 5.56 Å². The van der Waals surface area contributed by atoms with Gasteiger partial charge in [0, 0.05) is 63.5 Å². The van der Waals surface area contributed by atoms with Crippen molar-refractivity contribution in [2.24, 2.45) is 7.05 Å². The van der Waals surface area contributed by atoms with Gasteiger partial charge in [0.15, 0.2) is 5.16 Å². The van der Waals surface area contributed by atoms with Crippen LogP contribution in [0.25, 0.3) is 0 Å². The van der Waals surface area contributed by atoms with E-state index in [0.29, 0.717) is 0 Å². The molecular formula is C23H26N4OS. The van der Waals surface area contributed by atoms with Crippen LogP contribution in [0, 0.1) is 0 Å². The third-order valence-electron chi connectivity index (χ3n) is 5.23. The molecule has 0 bridgehead atoms. The van der Waals surface area contributed by atoms with Crippen molar-refractivity contribution in [1.29, 1.82) is 0 Å². The predicted octanol–water partition coefficient (Wildman–Crippen LogP) is 3.67. The summed E-state index contributed by atoms with van der Waals surface area (Å²) in [4.78, 5) is 21.7. The zero-order chi connectivity index (χ0) is 20.1. The number of rotatable bonds is 6. The van der Waals surface area contributed by atoms with Gasteiger partial charge in [0.1, 0.15) is 0 Å². The van der Waals surface area contributed by atoms with Crippen LogP contribution < -0.4 is 0 Å². The fourth-order valence-electron chi connectivity index (χ4n) is 3.57. The third-order valence-corrected chi connectivity index (χ3v) is 6.36. The second-order valence-electron chi connectivity index (χ2n) is 7.36. The molecule has 0 atom stereocenters. The number of aromatic nitrogens is 2. The predicted molar refractivity (Wildman–Crippen MR) is 117 cm³/mol. The Bertz CT molecular complexity index is 948. The van der Waals surface area contributed by atoms with E-state index in [0.717, 1.165) is 54.8 Å². The molecule has 1 aliphatic heterocycles. The Morgan fingerprint density at radius 2 is 1.76 bits per heavy atom. The first-order valence-electron chi connectivity index (χ1n) is 9.93. The van der Waals surface area contributed by atoms with Gasteiger partial charge in [-0.2, -0.15) is 0 Å². The maximum atomic E-state index is 13.0. The number of hydrogen-bond acceptors (Lipinski definition) is 4. The van der Waals surface area contributed by atoms with Crippen molar-refractivity contribution in [3.8, 4) is 0 Å². The summed E-state index contributed by atoms with van der Waals surface area (Å²) in [7, 11) is 1.99. The number of carbonyl (C=O) groups excluding carboxylic acids is 1. The average Bonchev–Trinajstić information content (AvgIpc) is 3.18. The highest BCUT2D eigenvalue weighted by Crippen LogP contribution is 2.21. The molecule has 1 saturated heterocycles. The second kappa shape index (κ2) is 9.29. The molecule has 0 spiro atoms. The number of hydrogen-bond donors (Lipinski definition) is 0. The van der Waals surface area contributed by atoms with Crippen LogP contribution in [-0.2, 0) is 19.3 Å². The second-order valence-corrected chi connectivity index (χ2v) is 8.31. The van der Waals surface area contributed by atoms with Crippen molar-refractivity contribution >= 4 is 17.7 Å². The maximum Gasteiger partial charge on any atom is 0.253 e. The Hall–Kier alpha value is -2.57. The van der Waals surface area contributed by atoms with E-state index in [9.17, 15) is 4.79 Å². The van der Waals surface area contributed by atoms with Gasteiger partial charge in [-0.15, -0.1) is 0 Å². The molecule has 150 valence electrons. The summed E-state index contributed by atoms with van der Waals surface area (Å²) in [6.07, 6.45) is 3.75. The molecule has 2 aromatic carbocycles. The highest BCUT2D eigenvalue weighted by atomic mass is 32.2. The monoisotopic (exact) mass is 406 g/mol. The van der Waals surface area contributed by atoms with Crippen LogP contribution in [0.1, 0.15) is 21.5 Å². The number of nitrogens with zero attached hydrogens (tertiary/aromatic N) is 4. The first kappa shape index (κ1) is 19.7. The van der Waals surface area contributed by atoms with Gasteiger partial charge < -0.3 is 9.47 Å². The van der Waals surface area contributed by atoms with Crippen LogP contribution in [0.2, 0.25) is 0 Å². The molecule has 29 heavy (non-hydrogen) atoms. The van der Waals surface area contributed by atoms with Crippen molar-refractivity contribution in [3.05, 3.63) is 83.7 Å². The summed E-state index contributed by atoms with van der Waals surface area (Å²) in [5.41, 5.74) is 3.25. The van der Waals surface area contributed by atoms with Gasteiger partial charge in [-0.05, 0) is 23.3 Å². The van der Waals surface area contributed by atoms with E-state index in [-0.39, 0.29) is 5.91 Å². The molecule has 2 heterocycles. The van der Waals surface area contributed by atoms with E-state index in [1.54, 1.807) is 18.0 Å². The number of aryl methyl sites for hydroxylation is 1. The highest BCUT2D eigenvalue weighted by Gasteiger charge is 2.22. The normalized spacial score (nSPS) is 14.9. The third kappa shape index (κ3) is 5.08. The molecule has 1 aliphatic rings. The van der Waals surface area contributed by atoms with Crippen LogP contribution in [0.15, 0.2) is 72.1 Å². The van der Waals surface area contributed by atoms with Crippen LogP contribution in [-0.4, -0.2) is 51.4 Å². The topological polar surface area (TPSA) is 41.4 Å². The lowest BCUT2D eigenvalue weighted by Crippen LogP contribution is -2.48. The molecule has 0 N–H and O–H groups in total. The summed E-state index contributed by atoms with van der Waals surface area (Å²) >= 11 is 1.68. The van der Waals surface area contributed by atoms with Gasteiger partial charge in [-0.25, -0.2) is 4.98 Å². The minimum atomic E-state index is 0.133. The van der Waals surface area contributed by atoms with Crippen LogP contribution >= 0.6 is 11.8 Å². The van der Waals surface area contributed by atoms with Crippen LogP contribution in [0.3, 0.4) is 0 Å². The zero-order valence-corrected chi connectivity index (χ0v) is 17.5. The van der Waals surface area contributed by atoms with E-state index in [2.05, 4.69) is 40.2 Å². The molecule has 1 aromatic heterocycles. The van der Waals surface area contributed by atoms with Crippen molar-refractivity contribution in [3.63, 3.8) is 0 Å². The fourth-order valence-corrected chi connectivity index (χ4v) is 4.44. The minimum absolute atomic E-state index is 0.133. The maximum absolute atomic E-state index is 13.0. The molecule has 6 heteroatoms. The average molecular weight is 407 g/mol. The van der Waals surface area contributed by atoms with Gasteiger partial charge in [-0.3, -0.25) is 9.69 Å². The van der Waals surface area contributed by atoms with Crippen LogP contribution in [0.4, 0.5) is 0 Å². The number of carbonyl (C=O) groups is 1. The summed E-state index contributed by atoms with van der Waals surface area (Å²) in [5, 5.41) is 0.983. The molecule has 0 aliphatic carbocycles. The van der Waals surface area contributed by atoms with E-state index >= 15 is 0 Å². The van der Waals surface area contributed by atoms with Crippen molar-refractivity contribution in [1.82, 2.24) is 19.4 Å². The van der Waals surface area contributed by atoms with Gasteiger partial charge >= 0.3 is 0 Å². The molecule has 0 unspecified atom stereocenters. The van der Waals surface area contributed by atoms with Crippen molar-refractivity contribution < 1.29 is 4.79 Å². The SMILES string of the molecule is Cn1ccnc1SCc1cccc(C(=O)N2CCN(Cc3ccccc3)CC2)c1. The first-order valence-corrected chi connectivity index (χ1v) is 10.9. The summed E-state index contributed by atoms with van der Waals surface area (Å²) in [6.45, 7) is 4.32. The zero-order valence-electron chi connectivity index (χ0n) is 16.7. The van der Waals surface area contributed by atoms with Gasteiger partial charge in [0.2, 0.25) is 0 Å². The number of thioether (sulfide) groups is 1. The van der Waals surface area contributed by atoms with E-state index < -0.39 is 0 Å². The van der Waals surface area contributed by atoms with Gasteiger partial charge in [0.25, 0.3) is 5.91 Å². The lowest BCUT2D eigenvalue weighted by Gasteiger charge is -2.34. The lowest BCUT2D eigenvalue weighted by atomic mass is 10.1. The molecule has 0 radical (unpaired) electrons. The largest absolute Gasteiger partial charge is 0.336 e. The Balaban J connectivity index is 1.32. The Morgan fingerprint density at radius 1 is 1.00 bits per heavy atom. The lowest BCUT2D eigenvalue weighted by molar-refractivity contribution is 0.0628. The molecule has 4 rings (SSSR count). The summed E-state index contributed by atoms with van der Waals surface area (Å²) in [5.74, 6) is 0.935. The fraction of sp³-hybridized carbons (Fsp3) is 0.304. The number of amides is 1. The number of benzene rings is 2. The molecule has 1 amide bonds. The quantitative estimate of drug-likeness (QED) is 0.586. The summed E-state index contributed by atoms with van der Waals surface area (Å²) < 4.78 is 2.01. The molecule has 5 nitrogen and oxygen atoms in total. The molecule has 1 fully saturated rings. The van der Waals surface area contributed by atoms with Crippen LogP contribution in [0.5, 0.6) is 0 Å². The van der Waals surface area contributed by atoms with E-state index in [4.69, 9.17) is 0 Å². The highest BCUT2D eigenvalue weighted by molar-refractivity contribution is 7.98. The van der Waals surface area contributed by atoms with Crippen molar-refractivity contribution in [2.75, 3.05) is 26.2 Å². The molecule has 3 aromatic rings. The first-order chi connectivity index (χ1) is 14.2. The van der Waals surface area contributed by atoms with Crippen molar-refractivity contribution in [2.45, 2.75) is 17.5 Å². The molecule has 0 saturated carbocycles. The smallest absolute Gasteiger partial charge is 0.253 e. The Kier molecular flexibility index (Phi) is 6.32. The molecular weight excluding hydrogens is 380 g/mol. The number of piperazine rings is 1. The van der Waals surface area contributed by atoms with Gasteiger partial charge in [-0.1, -0.05) is 54.2 Å². The minimum Gasteiger partial charge on any atom is -0.336 e.